The summed E-state index contributed by atoms with van der Waals surface area (Å²) in [4.78, 5) is 4.64. The van der Waals surface area contributed by atoms with Crippen LogP contribution in [0.25, 0.3) is 22.2 Å². The number of hydrogen-bond donors (Lipinski definition) is 0. The van der Waals surface area contributed by atoms with Crippen molar-refractivity contribution in [3.05, 3.63) is 138 Å². The van der Waals surface area contributed by atoms with Gasteiger partial charge in [0.1, 0.15) is 5.82 Å². The lowest BCUT2D eigenvalue weighted by atomic mass is 10.0. The number of ether oxygens (including phenoxy) is 1. The number of nitrogens with zero attached hydrogens (tertiary/aromatic N) is 2. The van der Waals surface area contributed by atoms with E-state index in [2.05, 4.69) is 4.98 Å². The van der Waals surface area contributed by atoms with Crippen LogP contribution in [0.15, 0.2) is 103 Å². The van der Waals surface area contributed by atoms with Crippen LogP contribution in [0, 0.1) is 29.1 Å². The summed E-state index contributed by atoms with van der Waals surface area (Å²) in [5, 5.41) is 4.70. The average molecular weight is 589 g/mol. The standard InChI is InChI=1S/C33H22F5N2OP/c1-41-26-19-40(18-24-28(34)30(36)32(38)31(37)29(24)35)33(39-26)27-23-15-9-8-10-20(23)16-17-25(27)42(21-11-4-2-5-12-21)22-13-6-3-7-14-22/h2-17,19H,18H2,1H3. The Labute approximate surface area is 239 Å². The first-order chi connectivity index (χ1) is 20.4. The highest BCUT2D eigenvalue weighted by molar-refractivity contribution is 7.80. The van der Waals surface area contributed by atoms with Gasteiger partial charge in [0.2, 0.25) is 11.7 Å². The Morgan fingerprint density at radius 1 is 0.667 bits per heavy atom. The molecule has 0 radical (unpaired) electrons. The number of halogens is 5. The molecule has 6 rings (SSSR count). The van der Waals surface area contributed by atoms with Gasteiger partial charge in [-0.1, -0.05) is 97.1 Å². The van der Waals surface area contributed by atoms with E-state index in [0.29, 0.717) is 5.56 Å². The number of benzene rings is 5. The minimum absolute atomic E-state index is 0.122. The Kier molecular flexibility index (Phi) is 7.48. The summed E-state index contributed by atoms with van der Waals surface area (Å²) in [5.41, 5.74) is -0.304. The van der Waals surface area contributed by atoms with Crippen molar-refractivity contribution in [2.24, 2.45) is 0 Å². The molecule has 42 heavy (non-hydrogen) atoms. The third kappa shape index (κ3) is 4.82. The summed E-state index contributed by atoms with van der Waals surface area (Å²) in [5.74, 6) is -9.60. The number of hydrogen-bond acceptors (Lipinski definition) is 2. The van der Waals surface area contributed by atoms with Gasteiger partial charge in [-0.25, -0.2) is 22.0 Å². The first-order valence-corrected chi connectivity index (χ1v) is 14.3. The SMILES string of the molecule is COc1cn(Cc2c(F)c(F)c(F)c(F)c2F)c(-c2c(P(c3ccccc3)c3ccccc3)ccc3ccccc23)n1. The minimum atomic E-state index is -2.20. The molecule has 0 fully saturated rings. The molecule has 0 saturated carbocycles. The Morgan fingerprint density at radius 2 is 1.21 bits per heavy atom. The van der Waals surface area contributed by atoms with Gasteiger partial charge < -0.3 is 9.30 Å². The van der Waals surface area contributed by atoms with E-state index in [1.165, 1.54) is 17.9 Å². The van der Waals surface area contributed by atoms with Crippen LogP contribution < -0.4 is 20.7 Å². The summed E-state index contributed by atoms with van der Waals surface area (Å²) in [7, 11) is 0.219. The van der Waals surface area contributed by atoms with Crippen LogP contribution in [0.3, 0.4) is 0 Å². The van der Waals surface area contributed by atoms with Crippen LogP contribution >= 0.6 is 7.92 Å². The molecule has 5 aromatic carbocycles. The fourth-order valence-corrected chi connectivity index (χ4v) is 7.50. The largest absolute Gasteiger partial charge is 0.480 e. The smallest absolute Gasteiger partial charge is 0.231 e. The van der Waals surface area contributed by atoms with Crippen LogP contribution in [-0.2, 0) is 6.54 Å². The minimum Gasteiger partial charge on any atom is -0.480 e. The number of fused-ring (bicyclic) bond motifs is 1. The predicted molar refractivity (Wildman–Crippen MR) is 156 cm³/mol. The van der Waals surface area contributed by atoms with Crippen LogP contribution in [0.1, 0.15) is 5.56 Å². The summed E-state index contributed by atoms with van der Waals surface area (Å²) >= 11 is 0. The molecule has 3 nitrogen and oxygen atoms in total. The highest BCUT2D eigenvalue weighted by Gasteiger charge is 2.29. The van der Waals surface area contributed by atoms with E-state index in [9.17, 15) is 22.0 Å². The van der Waals surface area contributed by atoms with Gasteiger partial charge in [0, 0.05) is 11.1 Å². The zero-order valence-electron chi connectivity index (χ0n) is 22.2. The van der Waals surface area contributed by atoms with Crippen molar-refractivity contribution >= 4 is 34.6 Å². The fraction of sp³-hybridized carbons (Fsp3) is 0.0606. The fourth-order valence-electron chi connectivity index (χ4n) is 5.03. The molecule has 0 aliphatic carbocycles. The lowest BCUT2D eigenvalue weighted by molar-refractivity contribution is 0.368. The van der Waals surface area contributed by atoms with Gasteiger partial charge in [0.25, 0.3) is 0 Å². The Bertz CT molecular complexity index is 1840. The molecule has 1 aromatic heterocycles. The van der Waals surface area contributed by atoms with Gasteiger partial charge in [-0.15, -0.1) is 0 Å². The third-order valence-corrected chi connectivity index (χ3v) is 9.48. The first kappa shape index (κ1) is 27.6. The average Bonchev–Trinajstić information content (AvgIpc) is 3.44. The number of imidazole rings is 1. The third-order valence-electron chi connectivity index (χ3n) is 6.99. The second kappa shape index (κ2) is 11.4. The van der Waals surface area contributed by atoms with Crippen LogP contribution in [0.5, 0.6) is 5.88 Å². The van der Waals surface area contributed by atoms with Gasteiger partial charge >= 0.3 is 0 Å². The zero-order chi connectivity index (χ0) is 29.4. The Morgan fingerprint density at radius 3 is 1.81 bits per heavy atom. The lowest BCUT2D eigenvalue weighted by Crippen LogP contribution is -2.23. The molecule has 0 aliphatic rings. The van der Waals surface area contributed by atoms with Crippen molar-refractivity contribution in [2.45, 2.75) is 6.54 Å². The maximum Gasteiger partial charge on any atom is 0.231 e. The van der Waals surface area contributed by atoms with E-state index < -0.39 is 49.1 Å². The van der Waals surface area contributed by atoms with Crippen LogP contribution in [0.4, 0.5) is 22.0 Å². The number of methoxy groups -OCH3 is 1. The molecule has 0 bridgehead atoms. The molecule has 0 saturated heterocycles. The second-order valence-corrected chi connectivity index (χ2v) is 11.7. The lowest BCUT2D eigenvalue weighted by Gasteiger charge is -2.24. The number of rotatable bonds is 7. The maximum absolute atomic E-state index is 14.8. The molecular formula is C33H22F5N2OP. The topological polar surface area (TPSA) is 27.1 Å². The van der Waals surface area contributed by atoms with E-state index >= 15 is 0 Å². The van der Waals surface area contributed by atoms with E-state index in [4.69, 9.17) is 4.74 Å². The van der Waals surface area contributed by atoms with Gasteiger partial charge in [0.15, 0.2) is 23.3 Å². The van der Waals surface area contributed by atoms with Gasteiger partial charge in [0.05, 0.1) is 19.9 Å². The summed E-state index contributed by atoms with van der Waals surface area (Å²) in [6.45, 7) is -0.672. The van der Waals surface area contributed by atoms with Gasteiger partial charge in [-0.05, 0) is 34.6 Å². The molecule has 0 spiro atoms. The first-order valence-electron chi connectivity index (χ1n) is 12.9. The summed E-state index contributed by atoms with van der Waals surface area (Å²) < 4.78 is 78.5. The second-order valence-electron chi connectivity index (χ2n) is 9.47. The Hall–Kier alpha value is -4.55. The summed E-state index contributed by atoms with van der Waals surface area (Å²) in [6, 6.07) is 31.5. The Balaban J connectivity index is 1.65. The normalized spacial score (nSPS) is 11.4. The zero-order valence-corrected chi connectivity index (χ0v) is 23.1. The molecule has 0 unspecified atom stereocenters. The van der Waals surface area contributed by atoms with E-state index in [1.807, 2.05) is 97.1 Å². The molecule has 0 N–H and O–H groups in total. The van der Waals surface area contributed by atoms with E-state index in [1.54, 1.807) is 0 Å². The number of aromatic nitrogens is 2. The molecular weight excluding hydrogens is 566 g/mol. The monoisotopic (exact) mass is 588 g/mol. The van der Waals surface area contributed by atoms with Crippen molar-refractivity contribution in [3.63, 3.8) is 0 Å². The summed E-state index contributed by atoms with van der Waals surface area (Å²) in [6.07, 6.45) is 1.40. The van der Waals surface area contributed by atoms with Gasteiger partial charge in [-0.3, -0.25) is 0 Å². The highest BCUT2D eigenvalue weighted by atomic mass is 31.1. The highest BCUT2D eigenvalue weighted by Crippen LogP contribution is 2.40. The molecule has 6 aromatic rings. The van der Waals surface area contributed by atoms with Crippen molar-refractivity contribution in [1.82, 2.24) is 9.55 Å². The van der Waals surface area contributed by atoms with Crippen molar-refractivity contribution < 1.29 is 26.7 Å². The van der Waals surface area contributed by atoms with Crippen molar-refractivity contribution in [2.75, 3.05) is 7.11 Å². The van der Waals surface area contributed by atoms with Crippen LogP contribution in [-0.4, -0.2) is 16.7 Å². The van der Waals surface area contributed by atoms with E-state index in [-0.39, 0.29) is 11.7 Å². The van der Waals surface area contributed by atoms with Crippen LogP contribution in [0.2, 0.25) is 0 Å². The van der Waals surface area contributed by atoms with Crippen molar-refractivity contribution in [1.29, 1.82) is 0 Å². The molecule has 0 atom stereocenters. The molecule has 0 aliphatic heterocycles. The molecule has 9 heteroatoms. The van der Waals surface area contributed by atoms with E-state index in [0.717, 1.165) is 26.7 Å². The quantitative estimate of drug-likeness (QED) is 0.0853. The molecule has 1 heterocycles. The molecule has 0 amide bonds. The van der Waals surface area contributed by atoms with Gasteiger partial charge in [-0.2, -0.15) is 4.98 Å². The van der Waals surface area contributed by atoms with Crippen molar-refractivity contribution in [3.8, 4) is 17.3 Å². The maximum atomic E-state index is 14.8. The predicted octanol–water partition coefficient (Wildman–Crippen LogP) is 7.21. The molecule has 210 valence electrons.